The van der Waals surface area contributed by atoms with Crippen LogP contribution in [0.2, 0.25) is 0 Å². The molecular weight excluding hydrogens is 272 g/mol. The van der Waals surface area contributed by atoms with Crippen molar-refractivity contribution in [3.63, 3.8) is 0 Å². The summed E-state index contributed by atoms with van der Waals surface area (Å²) in [6.45, 7) is 6.98. The Morgan fingerprint density at radius 3 is 2.48 bits per heavy atom. The number of nitrogens with two attached hydrogens (primary N) is 1. The van der Waals surface area contributed by atoms with Crippen LogP contribution in [-0.4, -0.2) is 12.3 Å². The Labute approximate surface area is 125 Å². The molecule has 2 nitrogen and oxygen atoms in total. The van der Waals surface area contributed by atoms with Crippen molar-refractivity contribution in [3.8, 4) is 0 Å². The summed E-state index contributed by atoms with van der Waals surface area (Å²) in [6.07, 6.45) is 1.92. The number of carbonyl (C=O) groups excluding carboxylic acids is 1. The summed E-state index contributed by atoms with van der Waals surface area (Å²) in [4.78, 5) is 12.0. The molecule has 0 heterocycles. The van der Waals surface area contributed by atoms with E-state index in [-0.39, 0.29) is 23.2 Å². The van der Waals surface area contributed by atoms with E-state index in [1.54, 1.807) is 0 Å². The molecule has 0 saturated carbocycles. The fourth-order valence-corrected chi connectivity index (χ4v) is 2.53. The highest BCUT2D eigenvalue weighted by atomic mass is 19.2. The minimum absolute atomic E-state index is 0.0525. The van der Waals surface area contributed by atoms with Crippen LogP contribution in [0.5, 0.6) is 0 Å². The molecule has 1 rings (SSSR count). The molecule has 1 unspecified atom stereocenters. The van der Waals surface area contributed by atoms with E-state index >= 15 is 0 Å². The molecule has 1 atom stereocenters. The van der Waals surface area contributed by atoms with Gasteiger partial charge in [0.2, 0.25) is 0 Å². The Balaban J connectivity index is 2.59. The molecule has 4 heteroatoms. The Kier molecular flexibility index (Phi) is 6.46. The molecule has 1 aromatic rings. The minimum atomic E-state index is -0.917. The third kappa shape index (κ3) is 5.54. The van der Waals surface area contributed by atoms with Crippen LogP contribution in [0.25, 0.3) is 0 Å². The van der Waals surface area contributed by atoms with Crippen LogP contribution < -0.4 is 5.73 Å². The van der Waals surface area contributed by atoms with Crippen LogP contribution in [0.15, 0.2) is 18.2 Å². The lowest BCUT2D eigenvalue weighted by Gasteiger charge is -2.30. The van der Waals surface area contributed by atoms with Crippen LogP contribution in [0, 0.1) is 23.0 Å². The van der Waals surface area contributed by atoms with Gasteiger partial charge in [0.1, 0.15) is 5.78 Å². The fraction of sp³-hybridized carbons (Fsp3) is 0.588. The number of rotatable bonds is 7. The second kappa shape index (κ2) is 7.64. The van der Waals surface area contributed by atoms with Gasteiger partial charge in [0.15, 0.2) is 11.6 Å². The van der Waals surface area contributed by atoms with E-state index in [4.69, 9.17) is 5.73 Å². The van der Waals surface area contributed by atoms with Crippen LogP contribution in [-0.2, 0) is 11.2 Å². The van der Waals surface area contributed by atoms with Crippen molar-refractivity contribution in [3.05, 3.63) is 35.4 Å². The summed E-state index contributed by atoms with van der Waals surface area (Å²) >= 11 is 0. The van der Waals surface area contributed by atoms with Crippen LogP contribution in [0.4, 0.5) is 8.78 Å². The van der Waals surface area contributed by atoms with E-state index in [1.165, 1.54) is 12.1 Å². The van der Waals surface area contributed by atoms with E-state index in [9.17, 15) is 13.6 Å². The predicted molar refractivity (Wildman–Crippen MR) is 80.9 cm³/mol. The molecule has 0 aliphatic heterocycles. The summed E-state index contributed by atoms with van der Waals surface area (Å²) in [6, 6.07) is 3.94. The summed E-state index contributed by atoms with van der Waals surface area (Å²) in [5, 5.41) is 0. The molecule has 118 valence electrons. The van der Waals surface area contributed by atoms with Crippen molar-refractivity contribution in [1.82, 2.24) is 0 Å². The van der Waals surface area contributed by atoms with Gasteiger partial charge in [0, 0.05) is 12.8 Å². The van der Waals surface area contributed by atoms with Gasteiger partial charge in [-0.25, -0.2) is 8.78 Å². The average Bonchev–Trinajstić information content (AvgIpc) is 2.38. The van der Waals surface area contributed by atoms with Crippen molar-refractivity contribution in [2.75, 3.05) is 6.54 Å². The number of ketones is 1. The standard InChI is InChI=1S/C17H25F2NO/c1-17(2,3)13(9-10-20)7-8-14(21)11-12-5-4-6-15(18)16(12)19/h4-6,13H,7-11,20H2,1-3H3. The van der Waals surface area contributed by atoms with Gasteiger partial charge in [-0.15, -0.1) is 0 Å². The lowest BCUT2D eigenvalue weighted by atomic mass is 9.76. The maximum Gasteiger partial charge on any atom is 0.162 e. The highest BCUT2D eigenvalue weighted by Gasteiger charge is 2.24. The zero-order valence-electron chi connectivity index (χ0n) is 13.1. The Morgan fingerprint density at radius 2 is 1.90 bits per heavy atom. The smallest absolute Gasteiger partial charge is 0.162 e. The highest BCUT2D eigenvalue weighted by molar-refractivity contribution is 5.80. The number of hydrogen-bond acceptors (Lipinski definition) is 2. The van der Waals surface area contributed by atoms with Gasteiger partial charge in [-0.2, -0.15) is 0 Å². The van der Waals surface area contributed by atoms with E-state index in [0.717, 1.165) is 18.9 Å². The molecule has 0 aromatic heterocycles. The molecule has 0 aliphatic rings. The molecule has 0 aliphatic carbocycles. The number of benzene rings is 1. The second-order valence-electron chi connectivity index (χ2n) is 6.61. The summed E-state index contributed by atoms with van der Waals surface area (Å²) < 4.78 is 26.6. The Bertz CT molecular complexity index is 480. The van der Waals surface area contributed by atoms with Gasteiger partial charge in [0.25, 0.3) is 0 Å². The van der Waals surface area contributed by atoms with Crippen LogP contribution in [0.3, 0.4) is 0 Å². The minimum Gasteiger partial charge on any atom is -0.330 e. The van der Waals surface area contributed by atoms with Crippen molar-refractivity contribution >= 4 is 5.78 Å². The van der Waals surface area contributed by atoms with Gasteiger partial charge in [0.05, 0.1) is 0 Å². The predicted octanol–water partition coefficient (Wildman–Crippen LogP) is 3.87. The van der Waals surface area contributed by atoms with Crippen LogP contribution in [0.1, 0.15) is 45.6 Å². The third-order valence-electron chi connectivity index (χ3n) is 3.93. The molecule has 1 aromatic carbocycles. The first-order chi connectivity index (χ1) is 9.75. The molecule has 2 N–H and O–H groups in total. The first kappa shape index (κ1) is 17.8. The molecule has 0 fully saturated rings. The highest BCUT2D eigenvalue weighted by Crippen LogP contribution is 2.32. The molecular formula is C17H25F2NO. The summed E-state index contributed by atoms with van der Waals surface area (Å²) in [5.74, 6) is -1.54. The quantitative estimate of drug-likeness (QED) is 0.830. The summed E-state index contributed by atoms with van der Waals surface area (Å²) in [5.41, 5.74) is 5.83. The lowest BCUT2D eigenvalue weighted by Crippen LogP contribution is -2.24. The maximum atomic E-state index is 13.5. The largest absolute Gasteiger partial charge is 0.330 e. The monoisotopic (exact) mass is 297 g/mol. The van der Waals surface area contributed by atoms with Crippen molar-refractivity contribution in [2.45, 2.75) is 46.5 Å². The molecule has 0 amide bonds. The number of carbonyl (C=O) groups is 1. The summed E-state index contributed by atoms with van der Waals surface area (Å²) in [7, 11) is 0. The van der Waals surface area contributed by atoms with Crippen molar-refractivity contribution in [1.29, 1.82) is 0 Å². The third-order valence-corrected chi connectivity index (χ3v) is 3.93. The van der Waals surface area contributed by atoms with E-state index in [1.807, 2.05) is 0 Å². The zero-order valence-corrected chi connectivity index (χ0v) is 13.1. The van der Waals surface area contributed by atoms with Crippen molar-refractivity contribution in [2.24, 2.45) is 17.1 Å². The van der Waals surface area contributed by atoms with E-state index < -0.39 is 11.6 Å². The average molecular weight is 297 g/mol. The van der Waals surface area contributed by atoms with Crippen molar-refractivity contribution < 1.29 is 13.6 Å². The molecule has 0 bridgehead atoms. The Morgan fingerprint density at radius 1 is 1.24 bits per heavy atom. The SMILES string of the molecule is CC(C)(C)C(CCN)CCC(=O)Cc1cccc(F)c1F. The first-order valence-corrected chi connectivity index (χ1v) is 7.40. The lowest BCUT2D eigenvalue weighted by molar-refractivity contribution is -0.118. The van der Waals surface area contributed by atoms with Gasteiger partial charge in [-0.1, -0.05) is 32.9 Å². The zero-order chi connectivity index (χ0) is 16.0. The molecule has 0 radical (unpaired) electrons. The maximum absolute atomic E-state index is 13.5. The fourth-order valence-electron chi connectivity index (χ4n) is 2.53. The van der Waals surface area contributed by atoms with E-state index in [0.29, 0.717) is 18.9 Å². The number of halogens is 2. The molecule has 21 heavy (non-hydrogen) atoms. The molecule has 0 saturated heterocycles. The molecule has 0 spiro atoms. The number of Topliss-reactive ketones (excluding diaryl/α,β-unsaturated/α-hetero) is 1. The van der Waals surface area contributed by atoms with Gasteiger partial charge >= 0.3 is 0 Å². The van der Waals surface area contributed by atoms with Gasteiger partial charge in [-0.05, 0) is 42.3 Å². The first-order valence-electron chi connectivity index (χ1n) is 7.40. The number of hydrogen-bond donors (Lipinski definition) is 1. The second-order valence-corrected chi connectivity index (χ2v) is 6.61. The van der Waals surface area contributed by atoms with Crippen LogP contribution >= 0.6 is 0 Å². The Hall–Kier alpha value is -1.29. The topological polar surface area (TPSA) is 43.1 Å². The normalized spacial score (nSPS) is 13.2. The van der Waals surface area contributed by atoms with Gasteiger partial charge in [-0.3, -0.25) is 4.79 Å². The van der Waals surface area contributed by atoms with Gasteiger partial charge < -0.3 is 5.73 Å². The van der Waals surface area contributed by atoms with E-state index in [2.05, 4.69) is 20.8 Å².